The van der Waals surface area contributed by atoms with Crippen molar-refractivity contribution in [2.75, 3.05) is 6.54 Å². The Balaban J connectivity index is 2.68. The molecule has 43 valence electrons. The second-order valence-electron chi connectivity index (χ2n) is 1.56. The predicted molar refractivity (Wildman–Crippen MR) is 29.6 cm³/mol. The molecule has 1 radical (unpaired) electrons. The minimum atomic E-state index is 0.252. The fourth-order valence-electron chi connectivity index (χ4n) is 0.226. The molecule has 1 N–H and O–H groups in total. The third kappa shape index (κ3) is 5.92. The van der Waals surface area contributed by atoms with E-state index >= 15 is 0 Å². The van der Waals surface area contributed by atoms with E-state index in [4.69, 9.17) is 4.84 Å². The first-order valence-corrected chi connectivity index (χ1v) is 2.45. The topological polar surface area (TPSA) is 21.3 Å². The predicted octanol–water partition coefficient (Wildman–Crippen LogP) is 0.750. The first-order valence-electron chi connectivity index (χ1n) is 2.45. The molecule has 0 saturated heterocycles. The number of nitrogens with one attached hydrogen (secondary N) is 1. The van der Waals surface area contributed by atoms with Crippen LogP contribution < -0.4 is 5.48 Å². The Morgan fingerprint density at radius 2 is 2.29 bits per heavy atom. The van der Waals surface area contributed by atoms with Crippen LogP contribution in [0.15, 0.2) is 0 Å². The van der Waals surface area contributed by atoms with Crippen LogP contribution in [0.2, 0.25) is 0 Å². The fourth-order valence-corrected chi connectivity index (χ4v) is 0.226. The van der Waals surface area contributed by atoms with Crippen molar-refractivity contribution in [1.82, 2.24) is 5.48 Å². The summed E-state index contributed by atoms with van der Waals surface area (Å²) in [5, 5.41) is 0. The van der Waals surface area contributed by atoms with Gasteiger partial charge in [-0.3, -0.25) is 4.84 Å². The average Bonchev–Trinajstić information content (AvgIpc) is 1.61. The van der Waals surface area contributed by atoms with E-state index in [9.17, 15) is 0 Å². The first-order chi connectivity index (χ1) is 3.27. The van der Waals surface area contributed by atoms with Crippen molar-refractivity contribution in [2.24, 2.45) is 0 Å². The van der Waals surface area contributed by atoms with E-state index in [1.165, 1.54) is 0 Å². The quantitative estimate of drug-likeness (QED) is 0.531. The van der Waals surface area contributed by atoms with Crippen molar-refractivity contribution in [3.63, 3.8) is 0 Å². The number of hydroxylamine groups is 1. The van der Waals surface area contributed by atoms with Gasteiger partial charge in [0.05, 0.1) is 6.10 Å². The lowest BCUT2D eigenvalue weighted by atomic mass is 10.5. The van der Waals surface area contributed by atoms with Crippen LogP contribution in [0.25, 0.3) is 0 Å². The molecule has 0 aromatic heterocycles. The van der Waals surface area contributed by atoms with Gasteiger partial charge >= 0.3 is 0 Å². The molecule has 0 amide bonds. The highest BCUT2D eigenvalue weighted by Crippen LogP contribution is 1.79. The van der Waals surface area contributed by atoms with Gasteiger partial charge in [0, 0.05) is 6.54 Å². The maximum Gasteiger partial charge on any atom is 0.0734 e. The Morgan fingerprint density at radius 1 is 1.71 bits per heavy atom. The van der Waals surface area contributed by atoms with Gasteiger partial charge in [-0.25, -0.2) is 5.48 Å². The standard InChI is InChI=1S/C5H12NO/c1-4-6-7-5(2)3/h5-6H,1,4H2,2-3H3. The molecule has 0 bridgehead atoms. The van der Waals surface area contributed by atoms with Crippen LogP contribution in [0.4, 0.5) is 0 Å². The summed E-state index contributed by atoms with van der Waals surface area (Å²) in [6, 6.07) is 0. The summed E-state index contributed by atoms with van der Waals surface area (Å²) in [5.41, 5.74) is 2.64. The van der Waals surface area contributed by atoms with Gasteiger partial charge in [-0.05, 0) is 20.8 Å². The van der Waals surface area contributed by atoms with Gasteiger partial charge in [0.15, 0.2) is 0 Å². The van der Waals surface area contributed by atoms with E-state index in [1.54, 1.807) is 0 Å². The molecule has 0 heterocycles. The van der Waals surface area contributed by atoms with E-state index in [0.29, 0.717) is 6.54 Å². The van der Waals surface area contributed by atoms with E-state index in [2.05, 4.69) is 12.4 Å². The summed E-state index contributed by atoms with van der Waals surface area (Å²) in [4.78, 5) is 4.88. The summed E-state index contributed by atoms with van der Waals surface area (Å²) in [7, 11) is 0. The zero-order valence-electron chi connectivity index (χ0n) is 4.90. The van der Waals surface area contributed by atoms with Gasteiger partial charge in [0.25, 0.3) is 0 Å². The van der Waals surface area contributed by atoms with Crippen molar-refractivity contribution >= 4 is 0 Å². The Labute approximate surface area is 44.8 Å². The fraction of sp³-hybridized carbons (Fsp3) is 0.800. The second kappa shape index (κ2) is 4.09. The van der Waals surface area contributed by atoms with Crippen LogP contribution in [-0.4, -0.2) is 12.6 Å². The Bertz CT molecular complexity index is 37.1. The van der Waals surface area contributed by atoms with E-state index < -0.39 is 0 Å². The third-order valence-corrected chi connectivity index (χ3v) is 0.421. The molecule has 0 aliphatic heterocycles. The third-order valence-electron chi connectivity index (χ3n) is 0.421. The average molecular weight is 102 g/mol. The normalized spacial score (nSPS) is 10.3. The molecule has 0 spiro atoms. The van der Waals surface area contributed by atoms with Gasteiger partial charge in [-0.2, -0.15) is 0 Å². The van der Waals surface area contributed by atoms with Crippen LogP contribution in [0, 0.1) is 6.92 Å². The summed E-state index contributed by atoms with van der Waals surface area (Å²) in [6.07, 6.45) is 0.252. The largest absolute Gasteiger partial charge is 0.299 e. The molecule has 0 unspecified atom stereocenters. The molecular formula is C5H12NO. The maximum absolute atomic E-state index is 4.88. The summed E-state index contributed by atoms with van der Waals surface area (Å²) in [6.45, 7) is 8.07. The highest BCUT2D eigenvalue weighted by Gasteiger charge is 1.86. The summed E-state index contributed by atoms with van der Waals surface area (Å²) < 4.78 is 0. The molecule has 0 aliphatic rings. The Morgan fingerprint density at radius 3 is 2.43 bits per heavy atom. The SMILES string of the molecule is [CH2]CNOC(C)C. The van der Waals surface area contributed by atoms with Crippen molar-refractivity contribution in [1.29, 1.82) is 0 Å². The highest BCUT2D eigenvalue weighted by atomic mass is 16.7. The van der Waals surface area contributed by atoms with Gasteiger partial charge in [-0.1, -0.05) is 0 Å². The molecule has 0 fully saturated rings. The Kier molecular flexibility index (Phi) is 4.04. The molecule has 0 saturated carbocycles. The van der Waals surface area contributed by atoms with Gasteiger partial charge in [-0.15, -0.1) is 0 Å². The molecule has 0 aromatic carbocycles. The first kappa shape index (κ1) is 6.92. The molecule has 0 aliphatic carbocycles. The van der Waals surface area contributed by atoms with Crippen LogP contribution in [0.5, 0.6) is 0 Å². The lowest BCUT2D eigenvalue weighted by molar-refractivity contribution is 0.00108. The number of hydrogen-bond donors (Lipinski definition) is 1. The zero-order valence-corrected chi connectivity index (χ0v) is 4.90. The van der Waals surface area contributed by atoms with Crippen LogP contribution >= 0.6 is 0 Å². The van der Waals surface area contributed by atoms with Gasteiger partial charge in [0.2, 0.25) is 0 Å². The smallest absolute Gasteiger partial charge is 0.0734 e. The van der Waals surface area contributed by atoms with Crippen molar-refractivity contribution in [2.45, 2.75) is 20.0 Å². The van der Waals surface area contributed by atoms with Gasteiger partial charge < -0.3 is 0 Å². The maximum atomic E-state index is 4.88. The molecule has 0 atom stereocenters. The molecular weight excluding hydrogens is 90.1 g/mol. The summed E-state index contributed by atoms with van der Waals surface area (Å²) >= 11 is 0. The molecule has 0 rings (SSSR count). The van der Waals surface area contributed by atoms with Crippen molar-refractivity contribution in [3.8, 4) is 0 Å². The molecule has 7 heavy (non-hydrogen) atoms. The van der Waals surface area contributed by atoms with Crippen molar-refractivity contribution in [3.05, 3.63) is 6.92 Å². The lowest BCUT2D eigenvalue weighted by Gasteiger charge is -2.04. The minimum Gasteiger partial charge on any atom is -0.299 e. The highest BCUT2D eigenvalue weighted by molar-refractivity contribution is 4.35. The Hall–Kier alpha value is -0.0800. The van der Waals surface area contributed by atoms with Crippen molar-refractivity contribution < 1.29 is 4.84 Å². The lowest BCUT2D eigenvalue weighted by Crippen LogP contribution is -2.18. The molecule has 2 nitrogen and oxygen atoms in total. The van der Waals surface area contributed by atoms with Crippen LogP contribution in [-0.2, 0) is 4.84 Å². The van der Waals surface area contributed by atoms with E-state index in [0.717, 1.165) is 0 Å². The van der Waals surface area contributed by atoms with E-state index in [-0.39, 0.29) is 6.10 Å². The van der Waals surface area contributed by atoms with Crippen LogP contribution in [0.3, 0.4) is 0 Å². The molecule has 2 heteroatoms. The molecule has 0 aromatic rings. The van der Waals surface area contributed by atoms with Gasteiger partial charge in [0.1, 0.15) is 0 Å². The zero-order chi connectivity index (χ0) is 5.70. The number of rotatable bonds is 3. The number of hydrogen-bond acceptors (Lipinski definition) is 2. The van der Waals surface area contributed by atoms with E-state index in [1.807, 2.05) is 13.8 Å². The monoisotopic (exact) mass is 102 g/mol. The summed E-state index contributed by atoms with van der Waals surface area (Å²) in [5.74, 6) is 0. The second-order valence-corrected chi connectivity index (χ2v) is 1.56. The minimum absolute atomic E-state index is 0.252. The van der Waals surface area contributed by atoms with Crippen LogP contribution in [0.1, 0.15) is 13.8 Å².